The van der Waals surface area contributed by atoms with Crippen LogP contribution in [0, 0.1) is 5.92 Å². The SMILES string of the molecule is CN1CCC(CNC(=O)c2csc(CCN)n2)CC1.Cl.Cl. The first kappa shape index (κ1) is 20.6. The number of nitrogens with two attached hydrogens (primary N) is 1. The maximum Gasteiger partial charge on any atom is 0.270 e. The van der Waals surface area contributed by atoms with E-state index in [1.165, 1.54) is 11.3 Å². The molecule has 1 aromatic heterocycles. The first-order valence-electron chi connectivity index (χ1n) is 6.80. The van der Waals surface area contributed by atoms with Crippen LogP contribution < -0.4 is 11.1 Å². The van der Waals surface area contributed by atoms with Crippen LogP contribution in [0.4, 0.5) is 0 Å². The lowest BCUT2D eigenvalue weighted by Gasteiger charge is -2.28. The Bertz CT molecular complexity index is 422. The Labute approximate surface area is 142 Å². The van der Waals surface area contributed by atoms with E-state index in [0.29, 0.717) is 18.2 Å². The number of piperidine rings is 1. The molecule has 1 saturated heterocycles. The van der Waals surface area contributed by atoms with Crippen molar-refractivity contribution in [2.45, 2.75) is 19.3 Å². The number of halogens is 2. The predicted molar refractivity (Wildman–Crippen MR) is 91.9 cm³/mol. The van der Waals surface area contributed by atoms with Gasteiger partial charge >= 0.3 is 0 Å². The molecule has 3 N–H and O–H groups in total. The summed E-state index contributed by atoms with van der Waals surface area (Å²) in [5.74, 6) is 0.542. The Kier molecular flexibility index (Phi) is 10.1. The average Bonchev–Trinajstić information content (AvgIpc) is 2.87. The molecule has 21 heavy (non-hydrogen) atoms. The number of hydrogen-bond donors (Lipinski definition) is 2. The fourth-order valence-corrected chi connectivity index (χ4v) is 3.04. The van der Waals surface area contributed by atoms with Gasteiger partial charge in [0.2, 0.25) is 0 Å². The van der Waals surface area contributed by atoms with E-state index in [4.69, 9.17) is 5.73 Å². The van der Waals surface area contributed by atoms with E-state index in [2.05, 4.69) is 22.2 Å². The van der Waals surface area contributed by atoms with E-state index in [1.54, 1.807) is 0 Å². The third-order valence-electron chi connectivity index (χ3n) is 3.53. The molecule has 0 aromatic carbocycles. The van der Waals surface area contributed by atoms with Gasteiger partial charge in [-0.25, -0.2) is 4.98 Å². The van der Waals surface area contributed by atoms with Gasteiger partial charge in [0.05, 0.1) is 5.01 Å². The summed E-state index contributed by atoms with van der Waals surface area (Å²) in [6.45, 7) is 3.58. The fraction of sp³-hybridized carbons (Fsp3) is 0.692. The lowest BCUT2D eigenvalue weighted by atomic mass is 9.97. The number of carbonyl (C=O) groups is 1. The van der Waals surface area contributed by atoms with Crippen LogP contribution in [-0.2, 0) is 6.42 Å². The van der Waals surface area contributed by atoms with Crippen LogP contribution in [0.2, 0.25) is 0 Å². The van der Waals surface area contributed by atoms with E-state index in [0.717, 1.165) is 43.9 Å². The fourth-order valence-electron chi connectivity index (χ4n) is 2.25. The number of rotatable bonds is 5. The van der Waals surface area contributed by atoms with Crippen molar-refractivity contribution in [3.63, 3.8) is 0 Å². The van der Waals surface area contributed by atoms with E-state index < -0.39 is 0 Å². The molecule has 1 amide bonds. The highest BCUT2D eigenvalue weighted by Crippen LogP contribution is 2.15. The Morgan fingerprint density at radius 2 is 2.14 bits per heavy atom. The van der Waals surface area contributed by atoms with Crippen LogP contribution in [0.15, 0.2) is 5.38 Å². The van der Waals surface area contributed by atoms with Gasteiger partial charge in [0, 0.05) is 18.3 Å². The molecule has 0 bridgehead atoms. The Morgan fingerprint density at radius 1 is 1.48 bits per heavy atom. The first-order valence-corrected chi connectivity index (χ1v) is 7.68. The molecular formula is C13H24Cl2N4OS. The summed E-state index contributed by atoms with van der Waals surface area (Å²) < 4.78 is 0. The number of aromatic nitrogens is 1. The molecule has 1 aliphatic rings. The van der Waals surface area contributed by atoms with Gasteiger partial charge in [0.15, 0.2) is 0 Å². The molecular weight excluding hydrogens is 331 g/mol. The van der Waals surface area contributed by atoms with Crippen molar-refractivity contribution >= 4 is 42.1 Å². The monoisotopic (exact) mass is 354 g/mol. The molecule has 0 atom stereocenters. The second-order valence-electron chi connectivity index (χ2n) is 5.12. The highest BCUT2D eigenvalue weighted by atomic mass is 35.5. The minimum atomic E-state index is -0.0570. The van der Waals surface area contributed by atoms with Gasteiger partial charge in [0.1, 0.15) is 5.69 Å². The molecule has 1 aliphatic heterocycles. The van der Waals surface area contributed by atoms with E-state index in [9.17, 15) is 4.79 Å². The smallest absolute Gasteiger partial charge is 0.270 e. The summed E-state index contributed by atoms with van der Waals surface area (Å²) in [5, 5.41) is 5.75. The van der Waals surface area contributed by atoms with Crippen molar-refractivity contribution in [1.82, 2.24) is 15.2 Å². The number of likely N-dealkylation sites (tertiary alicyclic amines) is 1. The molecule has 1 fully saturated rings. The topological polar surface area (TPSA) is 71.2 Å². The molecule has 0 aliphatic carbocycles. The van der Waals surface area contributed by atoms with Gasteiger partial charge in [-0.2, -0.15) is 0 Å². The van der Waals surface area contributed by atoms with Crippen LogP contribution in [0.3, 0.4) is 0 Å². The number of nitrogens with zero attached hydrogens (tertiary/aromatic N) is 2. The van der Waals surface area contributed by atoms with Crippen molar-refractivity contribution in [3.8, 4) is 0 Å². The highest BCUT2D eigenvalue weighted by Gasteiger charge is 2.18. The lowest BCUT2D eigenvalue weighted by molar-refractivity contribution is 0.0934. The number of hydrogen-bond acceptors (Lipinski definition) is 5. The van der Waals surface area contributed by atoms with Gasteiger partial charge in [-0.1, -0.05) is 0 Å². The molecule has 0 spiro atoms. The zero-order chi connectivity index (χ0) is 13.7. The largest absolute Gasteiger partial charge is 0.350 e. The quantitative estimate of drug-likeness (QED) is 0.841. The standard InChI is InChI=1S/C13H22N4OS.2ClH/c1-17-6-3-10(4-7-17)8-15-13(18)11-9-19-12(16-11)2-5-14;;/h9-10H,2-8,14H2,1H3,(H,15,18);2*1H. The molecule has 8 heteroatoms. The normalized spacial score (nSPS) is 15.9. The van der Waals surface area contributed by atoms with Crippen LogP contribution in [-0.4, -0.2) is 49.0 Å². The summed E-state index contributed by atoms with van der Waals surface area (Å²) in [6.07, 6.45) is 3.06. The maximum atomic E-state index is 12.0. The van der Waals surface area contributed by atoms with Crippen molar-refractivity contribution < 1.29 is 4.79 Å². The van der Waals surface area contributed by atoms with Crippen molar-refractivity contribution in [3.05, 3.63) is 16.1 Å². The number of amides is 1. The van der Waals surface area contributed by atoms with E-state index in [-0.39, 0.29) is 30.7 Å². The molecule has 5 nitrogen and oxygen atoms in total. The molecule has 122 valence electrons. The van der Waals surface area contributed by atoms with Gasteiger partial charge in [-0.05, 0) is 45.4 Å². The zero-order valence-electron chi connectivity index (χ0n) is 12.2. The Morgan fingerprint density at radius 3 is 2.76 bits per heavy atom. The summed E-state index contributed by atoms with van der Waals surface area (Å²) in [5.41, 5.74) is 6.00. The van der Waals surface area contributed by atoms with Crippen molar-refractivity contribution in [2.24, 2.45) is 11.7 Å². The molecule has 2 rings (SSSR count). The highest BCUT2D eigenvalue weighted by molar-refractivity contribution is 7.09. The number of nitrogens with one attached hydrogen (secondary N) is 1. The van der Waals surface area contributed by atoms with E-state index >= 15 is 0 Å². The molecule has 0 saturated carbocycles. The summed E-state index contributed by atoms with van der Waals surface area (Å²) in [7, 11) is 2.14. The van der Waals surface area contributed by atoms with Crippen LogP contribution in [0.1, 0.15) is 28.3 Å². The second-order valence-corrected chi connectivity index (χ2v) is 6.06. The van der Waals surface area contributed by atoms with Crippen LogP contribution in [0.25, 0.3) is 0 Å². The predicted octanol–water partition coefficient (Wildman–Crippen LogP) is 1.56. The Hall–Kier alpha value is -0.400. The number of thiazole rings is 1. The summed E-state index contributed by atoms with van der Waals surface area (Å²) >= 11 is 1.51. The summed E-state index contributed by atoms with van der Waals surface area (Å²) in [6, 6.07) is 0. The first-order chi connectivity index (χ1) is 9.19. The minimum absolute atomic E-state index is 0. The van der Waals surface area contributed by atoms with Gasteiger partial charge < -0.3 is 16.0 Å². The van der Waals surface area contributed by atoms with E-state index in [1.807, 2.05) is 5.38 Å². The number of carbonyl (C=O) groups excluding carboxylic acids is 1. The van der Waals surface area contributed by atoms with Crippen LogP contribution in [0.5, 0.6) is 0 Å². The average molecular weight is 355 g/mol. The van der Waals surface area contributed by atoms with Gasteiger partial charge in [0.25, 0.3) is 5.91 Å². The third kappa shape index (κ3) is 6.48. The van der Waals surface area contributed by atoms with Crippen LogP contribution >= 0.6 is 36.2 Å². The van der Waals surface area contributed by atoms with Gasteiger partial charge in [-0.15, -0.1) is 36.2 Å². The van der Waals surface area contributed by atoms with Crippen molar-refractivity contribution in [1.29, 1.82) is 0 Å². The molecule has 1 aromatic rings. The zero-order valence-corrected chi connectivity index (χ0v) is 14.7. The molecule has 0 radical (unpaired) electrons. The third-order valence-corrected chi connectivity index (χ3v) is 4.44. The maximum absolute atomic E-state index is 12.0. The van der Waals surface area contributed by atoms with Gasteiger partial charge in [-0.3, -0.25) is 4.79 Å². The van der Waals surface area contributed by atoms with Crippen molar-refractivity contribution in [2.75, 3.05) is 33.2 Å². The summed E-state index contributed by atoms with van der Waals surface area (Å²) in [4.78, 5) is 18.6. The second kappa shape index (κ2) is 10.3. The molecule has 0 unspecified atom stereocenters. The lowest BCUT2D eigenvalue weighted by Crippen LogP contribution is -2.37. The minimum Gasteiger partial charge on any atom is -0.350 e. The Balaban J connectivity index is 0.00000200. The molecule has 2 heterocycles.